The number of amides is 2. The summed E-state index contributed by atoms with van der Waals surface area (Å²) in [6.07, 6.45) is 0. The Labute approximate surface area is 72.3 Å². The molecule has 4 heteroatoms. The van der Waals surface area contributed by atoms with Crippen molar-refractivity contribution < 1.29 is 9.90 Å². The fourth-order valence-electron chi connectivity index (χ4n) is 0.533. The summed E-state index contributed by atoms with van der Waals surface area (Å²) in [7, 11) is 0. The first kappa shape index (κ1) is 10.8. The molecule has 12 heavy (non-hydrogen) atoms. The summed E-state index contributed by atoms with van der Waals surface area (Å²) in [6, 6.07) is -0.529. The Bertz CT molecular complexity index is 193. The molecule has 0 bridgehead atoms. The van der Waals surface area contributed by atoms with E-state index >= 15 is 0 Å². The van der Waals surface area contributed by atoms with Gasteiger partial charge in [0.05, 0.1) is 19.2 Å². The van der Waals surface area contributed by atoms with E-state index in [9.17, 15) is 4.79 Å². The van der Waals surface area contributed by atoms with Gasteiger partial charge < -0.3 is 15.7 Å². The zero-order valence-electron chi connectivity index (χ0n) is 7.35. The minimum Gasteiger partial charge on any atom is -0.394 e. The van der Waals surface area contributed by atoms with Gasteiger partial charge >= 0.3 is 6.03 Å². The highest BCUT2D eigenvalue weighted by Crippen LogP contribution is 1.76. The van der Waals surface area contributed by atoms with Gasteiger partial charge in [-0.25, -0.2) is 4.79 Å². The molecule has 1 atom stereocenters. The number of aliphatic hydroxyl groups excluding tert-OH is 1. The Balaban J connectivity index is 3.50. The molecule has 0 saturated carbocycles. The number of nitrogens with one attached hydrogen (secondary N) is 2. The van der Waals surface area contributed by atoms with Crippen molar-refractivity contribution in [2.45, 2.75) is 19.9 Å². The average molecular weight is 170 g/mol. The summed E-state index contributed by atoms with van der Waals surface area (Å²) in [6.45, 7) is 3.69. The summed E-state index contributed by atoms with van der Waals surface area (Å²) in [5.74, 6) is 5.33. The fourth-order valence-corrected chi connectivity index (χ4v) is 0.533. The number of carbonyl (C=O) groups excluding carboxylic acids is 1. The number of hydrogen-bond acceptors (Lipinski definition) is 2. The van der Waals surface area contributed by atoms with Gasteiger partial charge in [0.1, 0.15) is 0 Å². The third kappa shape index (κ3) is 5.57. The summed E-state index contributed by atoms with van der Waals surface area (Å²) >= 11 is 0. The van der Waals surface area contributed by atoms with E-state index in [1.54, 1.807) is 13.8 Å². The van der Waals surface area contributed by atoms with Crippen molar-refractivity contribution >= 4 is 6.03 Å². The molecule has 0 aliphatic rings. The molecule has 0 spiro atoms. The number of rotatable bonds is 3. The van der Waals surface area contributed by atoms with Crippen LogP contribution in [0, 0.1) is 11.8 Å². The van der Waals surface area contributed by atoms with Crippen LogP contribution in [0.1, 0.15) is 13.8 Å². The minimum atomic E-state index is -0.306. The number of urea groups is 1. The van der Waals surface area contributed by atoms with E-state index in [0.29, 0.717) is 6.54 Å². The van der Waals surface area contributed by atoms with Crippen molar-refractivity contribution in [1.82, 2.24) is 10.6 Å². The highest BCUT2D eigenvalue weighted by molar-refractivity contribution is 5.74. The maximum Gasteiger partial charge on any atom is 0.315 e. The third-order valence-electron chi connectivity index (χ3n) is 1.17. The largest absolute Gasteiger partial charge is 0.394 e. The van der Waals surface area contributed by atoms with Crippen LogP contribution in [0.2, 0.25) is 0 Å². The van der Waals surface area contributed by atoms with Crippen LogP contribution in [-0.4, -0.2) is 30.3 Å². The monoisotopic (exact) mass is 170 g/mol. The quantitative estimate of drug-likeness (QED) is 0.509. The molecular weight excluding hydrogens is 156 g/mol. The van der Waals surface area contributed by atoms with Crippen molar-refractivity contribution in [3.63, 3.8) is 0 Å². The predicted molar refractivity (Wildman–Crippen MR) is 46.5 cm³/mol. The molecule has 0 aromatic rings. The minimum absolute atomic E-state index is 0.0626. The topological polar surface area (TPSA) is 61.4 Å². The Morgan fingerprint density at radius 3 is 2.83 bits per heavy atom. The molecule has 0 rings (SSSR count). The van der Waals surface area contributed by atoms with Crippen LogP contribution < -0.4 is 10.6 Å². The van der Waals surface area contributed by atoms with Gasteiger partial charge in [0.2, 0.25) is 0 Å². The van der Waals surface area contributed by atoms with Crippen LogP contribution >= 0.6 is 0 Å². The van der Waals surface area contributed by atoms with Gasteiger partial charge in [-0.2, -0.15) is 0 Å². The molecule has 0 aliphatic carbocycles. The molecule has 0 saturated heterocycles. The Kier molecular flexibility index (Phi) is 5.84. The van der Waals surface area contributed by atoms with Gasteiger partial charge in [0, 0.05) is 0 Å². The number of hydrogen-bond donors (Lipinski definition) is 3. The maximum absolute atomic E-state index is 10.9. The van der Waals surface area contributed by atoms with Crippen LogP contribution in [0.25, 0.3) is 0 Å². The van der Waals surface area contributed by atoms with Gasteiger partial charge in [-0.1, -0.05) is 5.92 Å². The molecule has 0 aliphatic heterocycles. The highest BCUT2D eigenvalue weighted by atomic mass is 16.3. The molecular formula is C8H14N2O2. The van der Waals surface area contributed by atoms with E-state index in [0.717, 1.165) is 0 Å². The Morgan fingerprint density at radius 2 is 2.33 bits per heavy atom. The van der Waals surface area contributed by atoms with Crippen molar-refractivity contribution in [2.75, 3.05) is 13.2 Å². The molecule has 68 valence electrons. The number of carbonyl (C=O) groups is 1. The maximum atomic E-state index is 10.9. The molecule has 3 N–H and O–H groups in total. The van der Waals surface area contributed by atoms with Crippen LogP contribution in [0.4, 0.5) is 4.79 Å². The van der Waals surface area contributed by atoms with Crippen molar-refractivity contribution in [3.05, 3.63) is 0 Å². The van der Waals surface area contributed by atoms with E-state index in [4.69, 9.17) is 5.11 Å². The Hall–Kier alpha value is -1.21. The molecule has 0 aromatic carbocycles. The first-order chi connectivity index (χ1) is 5.70. The number of aliphatic hydroxyl groups is 1. The standard InChI is InChI=1S/C8H14N2O2/c1-3-4-5-9-8(12)10-7(2)6-11/h7,11H,5-6H2,1-2H3,(H2,9,10,12)/t7-/m0/s1. The fraction of sp³-hybridized carbons (Fsp3) is 0.625. The second-order valence-corrected chi connectivity index (χ2v) is 2.34. The molecule has 2 amide bonds. The van der Waals surface area contributed by atoms with E-state index in [1.807, 2.05) is 0 Å². The summed E-state index contributed by atoms with van der Waals surface area (Å²) < 4.78 is 0. The van der Waals surface area contributed by atoms with Crippen molar-refractivity contribution in [3.8, 4) is 11.8 Å². The molecule has 0 radical (unpaired) electrons. The first-order valence-electron chi connectivity index (χ1n) is 3.75. The van der Waals surface area contributed by atoms with Crippen LogP contribution in [0.15, 0.2) is 0 Å². The van der Waals surface area contributed by atoms with Gasteiger partial charge in [0.15, 0.2) is 0 Å². The smallest absolute Gasteiger partial charge is 0.315 e. The van der Waals surface area contributed by atoms with Gasteiger partial charge in [-0.3, -0.25) is 0 Å². The van der Waals surface area contributed by atoms with Crippen molar-refractivity contribution in [1.29, 1.82) is 0 Å². The molecule has 4 nitrogen and oxygen atoms in total. The second-order valence-electron chi connectivity index (χ2n) is 2.34. The van der Waals surface area contributed by atoms with Gasteiger partial charge in [0.25, 0.3) is 0 Å². The van der Waals surface area contributed by atoms with Gasteiger partial charge in [-0.15, -0.1) is 5.92 Å². The lowest BCUT2D eigenvalue weighted by Crippen LogP contribution is -2.42. The first-order valence-corrected chi connectivity index (χ1v) is 3.75. The van der Waals surface area contributed by atoms with E-state index in [1.165, 1.54) is 0 Å². The summed E-state index contributed by atoms with van der Waals surface area (Å²) in [5, 5.41) is 13.6. The molecule has 0 aromatic heterocycles. The second kappa shape index (κ2) is 6.50. The third-order valence-corrected chi connectivity index (χ3v) is 1.17. The molecule has 0 fully saturated rings. The SMILES string of the molecule is CC#CCNC(=O)N[C@@H](C)CO. The van der Waals surface area contributed by atoms with Crippen LogP contribution in [0.3, 0.4) is 0 Å². The Morgan fingerprint density at radius 1 is 1.67 bits per heavy atom. The lowest BCUT2D eigenvalue weighted by molar-refractivity contribution is 0.221. The van der Waals surface area contributed by atoms with E-state index < -0.39 is 0 Å². The van der Waals surface area contributed by atoms with Crippen LogP contribution in [0.5, 0.6) is 0 Å². The predicted octanol–water partition coefficient (Wildman–Crippen LogP) is -0.310. The van der Waals surface area contributed by atoms with Crippen LogP contribution in [-0.2, 0) is 0 Å². The van der Waals surface area contributed by atoms with Gasteiger partial charge in [-0.05, 0) is 13.8 Å². The zero-order valence-corrected chi connectivity index (χ0v) is 7.35. The normalized spacial score (nSPS) is 10.9. The van der Waals surface area contributed by atoms with E-state index in [-0.39, 0.29) is 18.7 Å². The zero-order chi connectivity index (χ0) is 9.40. The lowest BCUT2D eigenvalue weighted by atomic mass is 10.4. The summed E-state index contributed by atoms with van der Waals surface area (Å²) in [4.78, 5) is 10.9. The van der Waals surface area contributed by atoms with Crippen molar-refractivity contribution in [2.24, 2.45) is 0 Å². The highest BCUT2D eigenvalue weighted by Gasteiger charge is 2.02. The van der Waals surface area contributed by atoms with E-state index in [2.05, 4.69) is 22.5 Å². The summed E-state index contributed by atoms with van der Waals surface area (Å²) in [5.41, 5.74) is 0. The average Bonchev–Trinajstić information content (AvgIpc) is 2.05. The molecule has 0 heterocycles. The molecule has 0 unspecified atom stereocenters. The lowest BCUT2D eigenvalue weighted by Gasteiger charge is -2.09.